The molecule has 10 heavy (non-hydrogen) atoms. The van der Waals surface area contributed by atoms with Gasteiger partial charge in [-0.2, -0.15) is 0 Å². The number of aliphatic hydroxyl groups is 1. The summed E-state index contributed by atoms with van der Waals surface area (Å²) in [4.78, 5) is 0. The van der Waals surface area contributed by atoms with Crippen molar-refractivity contribution in [3.63, 3.8) is 0 Å². The molecule has 1 atom stereocenters. The molecule has 0 aliphatic heterocycles. The highest BCUT2D eigenvalue weighted by Gasteiger charge is 1.99. The summed E-state index contributed by atoms with van der Waals surface area (Å²) in [6.45, 7) is 1.96. The van der Waals surface area contributed by atoms with Crippen molar-refractivity contribution < 1.29 is 5.11 Å². The highest BCUT2D eigenvalue weighted by molar-refractivity contribution is 6.31. The lowest BCUT2D eigenvalue weighted by atomic mass is 10.1. The Labute approximate surface area is 65.3 Å². The zero-order chi connectivity index (χ0) is 7.56. The van der Waals surface area contributed by atoms with Gasteiger partial charge < -0.3 is 5.11 Å². The van der Waals surface area contributed by atoms with Crippen LogP contribution in [-0.4, -0.2) is 5.11 Å². The molecule has 0 fully saturated rings. The molecule has 1 nitrogen and oxygen atoms in total. The molecule has 2 heteroatoms. The van der Waals surface area contributed by atoms with Gasteiger partial charge in [0.25, 0.3) is 0 Å². The van der Waals surface area contributed by atoms with E-state index in [0.717, 1.165) is 0 Å². The van der Waals surface area contributed by atoms with E-state index in [0.29, 0.717) is 5.03 Å². The molecule has 0 aromatic rings. The summed E-state index contributed by atoms with van der Waals surface area (Å²) in [6, 6.07) is 0. The molecule has 0 spiro atoms. The van der Waals surface area contributed by atoms with Crippen LogP contribution in [0.4, 0.5) is 0 Å². The average molecular weight is 157 g/mol. The Bertz CT molecular complexity index is 191. The fourth-order valence-corrected chi connectivity index (χ4v) is 1.11. The van der Waals surface area contributed by atoms with Crippen molar-refractivity contribution in [1.82, 2.24) is 0 Å². The van der Waals surface area contributed by atoms with Crippen LogP contribution in [0.1, 0.15) is 6.92 Å². The van der Waals surface area contributed by atoms with Crippen molar-refractivity contribution in [3.8, 4) is 0 Å². The highest BCUT2D eigenvalue weighted by atomic mass is 35.5. The zero-order valence-electron chi connectivity index (χ0n) is 5.71. The van der Waals surface area contributed by atoms with Crippen molar-refractivity contribution in [2.75, 3.05) is 0 Å². The minimum absolute atomic E-state index is 0.211. The van der Waals surface area contributed by atoms with Crippen LogP contribution in [0.15, 0.2) is 35.1 Å². The SMILES string of the molecule is CC1C=C(O)C=CC(Cl)=C1. The van der Waals surface area contributed by atoms with Crippen LogP contribution in [0.2, 0.25) is 0 Å². The van der Waals surface area contributed by atoms with Crippen LogP contribution < -0.4 is 0 Å². The van der Waals surface area contributed by atoms with E-state index in [-0.39, 0.29) is 11.7 Å². The first-order valence-corrected chi connectivity index (χ1v) is 3.52. The van der Waals surface area contributed by atoms with Gasteiger partial charge in [0.05, 0.1) is 0 Å². The van der Waals surface area contributed by atoms with Crippen molar-refractivity contribution >= 4 is 11.6 Å². The number of rotatable bonds is 0. The monoisotopic (exact) mass is 156 g/mol. The molecule has 1 N–H and O–H groups in total. The quantitative estimate of drug-likeness (QED) is 0.572. The molecule has 1 aliphatic carbocycles. The molecule has 0 aromatic carbocycles. The summed E-state index contributed by atoms with van der Waals surface area (Å²) < 4.78 is 0. The van der Waals surface area contributed by atoms with Crippen molar-refractivity contribution in [1.29, 1.82) is 0 Å². The Morgan fingerprint density at radius 1 is 1.40 bits per heavy atom. The van der Waals surface area contributed by atoms with Gasteiger partial charge in [-0.15, -0.1) is 0 Å². The van der Waals surface area contributed by atoms with E-state index < -0.39 is 0 Å². The van der Waals surface area contributed by atoms with Gasteiger partial charge in [-0.05, 0) is 24.1 Å². The molecule has 0 saturated carbocycles. The second kappa shape index (κ2) is 2.93. The fraction of sp³-hybridized carbons (Fsp3) is 0.250. The lowest BCUT2D eigenvalue weighted by Gasteiger charge is -1.95. The Balaban J connectivity index is 2.87. The maximum Gasteiger partial charge on any atom is 0.112 e. The molecule has 54 valence electrons. The lowest BCUT2D eigenvalue weighted by molar-refractivity contribution is 0.428. The third-order valence-electron chi connectivity index (χ3n) is 1.27. The van der Waals surface area contributed by atoms with Gasteiger partial charge in [-0.3, -0.25) is 0 Å². The van der Waals surface area contributed by atoms with E-state index in [4.69, 9.17) is 16.7 Å². The summed E-state index contributed by atoms with van der Waals surface area (Å²) in [6.07, 6.45) is 6.88. The molecule has 1 aliphatic rings. The highest BCUT2D eigenvalue weighted by Crippen LogP contribution is 2.15. The first-order valence-electron chi connectivity index (χ1n) is 3.14. The molecule has 0 amide bonds. The molecule has 0 bridgehead atoms. The maximum atomic E-state index is 9.06. The first-order chi connectivity index (χ1) is 4.68. The van der Waals surface area contributed by atoms with E-state index >= 15 is 0 Å². The fourth-order valence-electron chi connectivity index (χ4n) is 0.845. The van der Waals surface area contributed by atoms with E-state index in [1.54, 1.807) is 18.2 Å². The van der Waals surface area contributed by atoms with Crippen LogP contribution in [0.25, 0.3) is 0 Å². The van der Waals surface area contributed by atoms with Crippen LogP contribution >= 0.6 is 11.6 Å². The van der Waals surface area contributed by atoms with E-state index in [2.05, 4.69) is 0 Å². The summed E-state index contributed by atoms with van der Waals surface area (Å²) in [5.74, 6) is 0.488. The maximum absolute atomic E-state index is 9.06. The summed E-state index contributed by atoms with van der Waals surface area (Å²) in [5, 5.41) is 9.73. The zero-order valence-corrected chi connectivity index (χ0v) is 6.47. The average Bonchev–Trinajstić information content (AvgIpc) is 1.93. The Hall–Kier alpha value is -0.690. The second-order valence-electron chi connectivity index (χ2n) is 2.34. The topological polar surface area (TPSA) is 20.2 Å². The minimum atomic E-state index is 0.211. The number of hydrogen-bond acceptors (Lipinski definition) is 1. The molecule has 0 heterocycles. The van der Waals surface area contributed by atoms with E-state index in [1.807, 2.05) is 13.0 Å². The molecule has 1 rings (SSSR count). The third kappa shape index (κ3) is 1.92. The Morgan fingerprint density at radius 2 is 2.10 bits per heavy atom. The smallest absolute Gasteiger partial charge is 0.112 e. The molecular formula is C8H9ClO. The van der Waals surface area contributed by atoms with Gasteiger partial charge in [0, 0.05) is 5.03 Å². The Morgan fingerprint density at radius 3 is 2.80 bits per heavy atom. The number of allylic oxidation sites excluding steroid dienone is 5. The minimum Gasteiger partial charge on any atom is -0.508 e. The summed E-state index contributed by atoms with van der Waals surface area (Å²) >= 11 is 5.71. The summed E-state index contributed by atoms with van der Waals surface area (Å²) in [5.41, 5.74) is 0. The standard InChI is InChI=1S/C8H9ClO/c1-6-4-7(9)2-3-8(10)5-6/h2-6,10H,1H3. The van der Waals surface area contributed by atoms with E-state index in [1.165, 1.54) is 0 Å². The van der Waals surface area contributed by atoms with Crippen LogP contribution in [0.3, 0.4) is 0 Å². The van der Waals surface area contributed by atoms with Crippen molar-refractivity contribution in [3.05, 3.63) is 35.1 Å². The van der Waals surface area contributed by atoms with Crippen molar-refractivity contribution in [2.24, 2.45) is 5.92 Å². The number of aliphatic hydroxyl groups excluding tert-OH is 1. The first kappa shape index (κ1) is 7.42. The normalized spacial score (nSPS) is 25.2. The van der Waals surface area contributed by atoms with Crippen LogP contribution in [0.5, 0.6) is 0 Å². The van der Waals surface area contributed by atoms with Gasteiger partial charge in [0.2, 0.25) is 0 Å². The molecular weight excluding hydrogens is 148 g/mol. The summed E-state index contributed by atoms with van der Waals surface area (Å²) in [7, 11) is 0. The molecule has 0 aromatic heterocycles. The predicted octanol–water partition coefficient (Wildman–Crippen LogP) is 2.76. The largest absolute Gasteiger partial charge is 0.508 e. The molecule has 0 saturated heterocycles. The van der Waals surface area contributed by atoms with Gasteiger partial charge in [0.1, 0.15) is 5.76 Å². The van der Waals surface area contributed by atoms with Gasteiger partial charge in [0.15, 0.2) is 0 Å². The van der Waals surface area contributed by atoms with Crippen molar-refractivity contribution in [2.45, 2.75) is 6.92 Å². The second-order valence-corrected chi connectivity index (χ2v) is 2.77. The van der Waals surface area contributed by atoms with Gasteiger partial charge in [-0.25, -0.2) is 0 Å². The Kier molecular flexibility index (Phi) is 2.17. The molecule has 0 radical (unpaired) electrons. The van der Waals surface area contributed by atoms with Crippen LogP contribution in [-0.2, 0) is 0 Å². The third-order valence-corrected chi connectivity index (χ3v) is 1.52. The van der Waals surface area contributed by atoms with Crippen LogP contribution in [0, 0.1) is 5.92 Å². The van der Waals surface area contributed by atoms with E-state index in [9.17, 15) is 0 Å². The van der Waals surface area contributed by atoms with Gasteiger partial charge >= 0.3 is 0 Å². The molecule has 1 unspecified atom stereocenters. The lowest BCUT2D eigenvalue weighted by Crippen LogP contribution is -1.83. The number of hydrogen-bond donors (Lipinski definition) is 1. The number of halogens is 1. The predicted molar refractivity (Wildman–Crippen MR) is 43.0 cm³/mol. The van der Waals surface area contributed by atoms with Gasteiger partial charge in [-0.1, -0.05) is 24.6 Å².